The van der Waals surface area contributed by atoms with Gasteiger partial charge in [-0.2, -0.15) is 0 Å². The Labute approximate surface area is 179 Å². The van der Waals surface area contributed by atoms with Gasteiger partial charge in [0.25, 0.3) is 0 Å². The molecule has 8 nitrogen and oxygen atoms in total. The van der Waals surface area contributed by atoms with Gasteiger partial charge in [-0.25, -0.2) is 4.39 Å². The fourth-order valence-corrected chi connectivity index (χ4v) is 4.04. The molecule has 3 heterocycles. The zero-order chi connectivity index (χ0) is 21.8. The van der Waals surface area contributed by atoms with Gasteiger partial charge in [0, 0.05) is 51.3 Å². The summed E-state index contributed by atoms with van der Waals surface area (Å²) in [5.74, 6) is -0.499. The molecule has 3 amide bonds. The smallest absolute Gasteiger partial charge is 0.240 e. The maximum atomic E-state index is 13.2. The molecule has 0 aliphatic carbocycles. The summed E-state index contributed by atoms with van der Waals surface area (Å²) in [7, 11) is 0. The Kier molecular flexibility index (Phi) is 6.31. The molecule has 2 aromatic rings. The van der Waals surface area contributed by atoms with Crippen molar-refractivity contribution < 1.29 is 23.2 Å². The van der Waals surface area contributed by atoms with Crippen LogP contribution in [0.15, 0.2) is 47.1 Å². The molecule has 1 N–H and O–H groups in total. The number of carbonyl (C=O) groups is 3. The molecule has 4 rings (SSSR count). The summed E-state index contributed by atoms with van der Waals surface area (Å²) in [4.78, 5) is 41.3. The molecule has 2 aliphatic rings. The third-order valence-electron chi connectivity index (χ3n) is 5.77. The van der Waals surface area contributed by atoms with E-state index in [0.29, 0.717) is 6.54 Å². The Bertz CT molecular complexity index is 907. The second kappa shape index (κ2) is 9.30. The summed E-state index contributed by atoms with van der Waals surface area (Å²) < 4.78 is 18.8. The average Bonchev–Trinajstić information content (AvgIpc) is 3.41. The monoisotopic (exact) mass is 428 g/mol. The van der Waals surface area contributed by atoms with Crippen molar-refractivity contribution in [1.29, 1.82) is 0 Å². The zero-order valence-corrected chi connectivity index (χ0v) is 17.1. The average molecular weight is 428 g/mol. The highest BCUT2D eigenvalue weighted by molar-refractivity contribution is 6.04. The van der Waals surface area contributed by atoms with Gasteiger partial charge in [0.1, 0.15) is 18.1 Å². The number of hydrogen-bond donors (Lipinski definition) is 1. The molecule has 2 aliphatic heterocycles. The number of carbonyl (C=O) groups excluding carboxylic acids is 3. The predicted octanol–water partition coefficient (Wildman–Crippen LogP) is 1.55. The van der Waals surface area contributed by atoms with Gasteiger partial charge in [0.2, 0.25) is 17.7 Å². The van der Waals surface area contributed by atoms with Gasteiger partial charge >= 0.3 is 0 Å². The SMILES string of the molecule is O=C(CN1C(=O)CCC1=O)NCC(c1ccco1)N1CCN(c2ccc(F)cc2)CC1. The van der Waals surface area contributed by atoms with Crippen LogP contribution in [0.5, 0.6) is 0 Å². The first kappa shape index (κ1) is 21.0. The molecular weight excluding hydrogens is 403 g/mol. The molecule has 9 heteroatoms. The summed E-state index contributed by atoms with van der Waals surface area (Å²) in [6.07, 6.45) is 1.93. The minimum atomic E-state index is -0.370. The molecular formula is C22H25FN4O4. The summed E-state index contributed by atoms with van der Waals surface area (Å²) in [6, 6.07) is 9.97. The van der Waals surface area contributed by atoms with Crippen LogP contribution in [0.1, 0.15) is 24.6 Å². The Morgan fingerprint density at radius 3 is 2.32 bits per heavy atom. The lowest BCUT2D eigenvalue weighted by Crippen LogP contribution is -2.50. The van der Waals surface area contributed by atoms with E-state index in [2.05, 4.69) is 15.1 Å². The number of anilines is 1. The largest absolute Gasteiger partial charge is 0.468 e. The van der Waals surface area contributed by atoms with Crippen LogP contribution in [0.4, 0.5) is 10.1 Å². The lowest BCUT2D eigenvalue weighted by atomic mass is 10.1. The first-order valence-electron chi connectivity index (χ1n) is 10.4. The molecule has 0 bridgehead atoms. The fourth-order valence-electron chi connectivity index (χ4n) is 4.04. The zero-order valence-electron chi connectivity index (χ0n) is 17.1. The fraction of sp³-hybridized carbons (Fsp3) is 0.409. The number of likely N-dealkylation sites (tertiary alicyclic amines) is 1. The van der Waals surface area contributed by atoms with Crippen LogP contribution in [0.3, 0.4) is 0 Å². The number of amides is 3. The van der Waals surface area contributed by atoms with E-state index in [1.165, 1.54) is 12.1 Å². The highest BCUT2D eigenvalue weighted by atomic mass is 19.1. The number of nitrogens with one attached hydrogen (secondary N) is 1. The van der Waals surface area contributed by atoms with Crippen molar-refractivity contribution in [3.05, 3.63) is 54.2 Å². The van der Waals surface area contributed by atoms with E-state index < -0.39 is 0 Å². The number of hydrogen-bond acceptors (Lipinski definition) is 6. The number of piperazine rings is 1. The Balaban J connectivity index is 1.35. The molecule has 0 saturated carbocycles. The molecule has 0 spiro atoms. The van der Waals surface area contributed by atoms with Crippen molar-refractivity contribution in [1.82, 2.24) is 15.1 Å². The van der Waals surface area contributed by atoms with Gasteiger partial charge in [-0.1, -0.05) is 0 Å². The summed E-state index contributed by atoms with van der Waals surface area (Å²) in [5.41, 5.74) is 0.976. The Morgan fingerprint density at radius 2 is 1.71 bits per heavy atom. The number of rotatable bonds is 7. The first-order chi connectivity index (χ1) is 15.0. The lowest BCUT2D eigenvalue weighted by Gasteiger charge is -2.39. The van der Waals surface area contributed by atoms with Crippen molar-refractivity contribution in [2.45, 2.75) is 18.9 Å². The second-order valence-electron chi connectivity index (χ2n) is 7.71. The van der Waals surface area contributed by atoms with E-state index in [-0.39, 0.29) is 49.0 Å². The topological polar surface area (TPSA) is 86.1 Å². The van der Waals surface area contributed by atoms with Crippen molar-refractivity contribution in [3.63, 3.8) is 0 Å². The van der Waals surface area contributed by atoms with Gasteiger partial charge < -0.3 is 14.6 Å². The maximum Gasteiger partial charge on any atom is 0.240 e. The predicted molar refractivity (Wildman–Crippen MR) is 111 cm³/mol. The van der Waals surface area contributed by atoms with E-state index in [4.69, 9.17) is 4.42 Å². The highest BCUT2D eigenvalue weighted by Gasteiger charge is 2.31. The molecule has 31 heavy (non-hydrogen) atoms. The molecule has 2 fully saturated rings. The molecule has 0 radical (unpaired) electrons. The number of benzene rings is 1. The van der Waals surface area contributed by atoms with E-state index in [1.807, 2.05) is 6.07 Å². The van der Waals surface area contributed by atoms with Crippen LogP contribution in [0, 0.1) is 5.82 Å². The molecule has 1 aromatic heterocycles. The standard InChI is InChI=1S/C22H25FN4O4/c23-16-3-5-17(6-4-16)25-9-11-26(12-10-25)18(19-2-1-13-31-19)14-24-20(28)15-27-21(29)7-8-22(27)30/h1-6,13,18H,7-12,14-15H2,(H,24,28). The van der Waals surface area contributed by atoms with Crippen molar-refractivity contribution in [3.8, 4) is 0 Å². The van der Waals surface area contributed by atoms with Crippen molar-refractivity contribution in [2.24, 2.45) is 0 Å². The van der Waals surface area contributed by atoms with Gasteiger partial charge in [-0.05, 0) is 36.4 Å². The lowest BCUT2D eigenvalue weighted by molar-refractivity contribution is -0.142. The summed E-state index contributed by atoms with van der Waals surface area (Å²) in [6.45, 7) is 3.05. The van der Waals surface area contributed by atoms with Crippen LogP contribution in [0.2, 0.25) is 0 Å². The van der Waals surface area contributed by atoms with Gasteiger partial charge in [-0.15, -0.1) is 0 Å². The molecule has 164 valence electrons. The van der Waals surface area contributed by atoms with Crippen molar-refractivity contribution >= 4 is 23.4 Å². The van der Waals surface area contributed by atoms with Gasteiger partial charge in [-0.3, -0.25) is 24.2 Å². The second-order valence-corrected chi connectivity index (χ2v) is 7.71. The van der Waals surface area contributed by atoms with Crippen LogP contribution in [0.25, 0.3) is 0 Å². The number of furan rings is 1. The highest BCUT2D eigenvalue weighted by Crippen LogP contribution is 2.24. The third kappa shape index (κ3) is 4.93. The van der Waals surface area contributed by atoms with Crippen LogP contribution < -0.4 is 10.2 Å². The quantitative estimate of drug-likeness (QED) is 0.674. The summed E-state index contributed by atoms with van der Waals surface area (Å²) in [5, 5.41) is 2.84. The van der Waals surface area contributed by atoms with E-state index >= 15 is 0 Å². The number of nitrogens with zero attached hydrogens (tertiary/aromatic N) is 3. The Morgan fingerprint density at radius 1 is 1.03 bits per heavy atom. The maximum absolute atomic E-state index is 13.2. The number of imide groups is 1. The Hall–Kier alpha value is -3.20. The molecule has 1 aromatic carbocycles. The first-order valence-corrected chi connectivity index (χ1v) is 10.4. The molecule has 2 saturated heterocycles. The normalized spacial score (nSPS) is 18.5. The van der Waals surface area contributed by atoms with Gasteiger partial charge in [0.15, 0.2) is 0 Å². The van der Waals surface area contributed by atoms with E-state index in [9.17, 15) is 18.8 Å². The number of halogens is 1. The third-order valence-corrected chi connectivity index (χ3v) is 5.77. The summed E-state index contributed by atoms with van der Waals surface area (Å²) >= 11 is 0. The van der Waals surface area contributed by atoms with E-state index in [1.54, 1.807) is 24.5 Å². The van der Waals surface area contributed by atoms with Crippen LogP contribution >= 0.6 is 0 Å². The minimum Gasteiger partial charge on any atom is -0.468 e. The minimum absolute atomic E-state index is 0.166. The van der Waals surface area contributed by atoms with Crippen LogP contribution in [-0.2, 0) is 14.4 Å². The molecule has 1 atom stereocenters. The van der Waals surface area contributed by atoms with E-state index in [0.717, 1.165) is 42.5 Å². The van der Waals surface area contributed by atoms with Crippen LogP contribution in [-0.4, -0.2) is 66.8 Å². The van der Waals surface area contributed by atoms with Crippen molar-refractivity contribution in [2.75, 3.05) is 44.2 Å². The molecule has 1 unspecified atom stereocenters. The van der Waals surface area contributed by atoms with Gasteiger partial charge in [0.05, 0.1) is 12.3 Å².